The van der Waals surface area contributed by atoms with E-state index in [2.05, 4.69) is 10.1 Å². The number of alkyl halides is 4. The zero-order valence-electron chi connectivity index (χ0n) is 9.59. The van der Waals surface area contributed by atoms with Crippen LogP contribution in [0.1, 0.15) is 5.56 Å². The first kappa shape index (κ1) is 14.9. The maximum absolute atomic E-state index is 12.1. The summed E-state index contributed by atoms with van der Waals surface area (Å²) in [4.78, 5) is 0. The van der Waals surface area contributed by atoms with Crippen LogP contribution in [-0.2, 0) is 0 Å². The molecule has 0 fully saturated rings. The van der Waals surface area contributed by atoms with E-state index in [4.69, 9.17) is 11.6 Å². The van der Waals surface area contributed by atoms with Gasteiger partial charge in [-0.25, -0.2) is 0 Å². The molecule has 2 N–H and O–H groups in total. The van der Waals surface area contributed by atoms with Crippen molar-refractivity contribution < 1.29 is 23.0 Å². The van der Waals surface area contributed by atoms with Crippen LogP contribution < -0.4 is 10.1 Å². The highest BCUT2D eigenvalue weighted by atomic mass is 35.5. The molecule has 0 bridgehead atoms. The van der Waals surface area contributed by atoms with Gasteiger partial charge in [-0.1, -0.05) is 0 Å². The zero-order valence-corrected chi connectivity index (χ0v) is 10.3. The lowest BCUT2D eigenvalue weighted by Gasteiger charge is -2.14. The first-order valence-corrected chi connectivity index (χ1v) is 5.69. The highest BCUT2D eigenvalue weighted by Gasteiger charge is 2.31. The maximum atomic E-state index is 12.1. The van der Waals surface area contributed by atoms with E-state index in [0.29, 0.717) is 11.3 Å². The SMILES string of the molecule is Cc1cc(NCC(O)CCl)cc(OC(F)(F)F)c1. The number of aliphatic hydroxyl groups excluding tert-OH is 1. The third-order valence-electron chi connectivity index (χ3n) is 2.00. The van der Waals surface area contributed by atoms with Gasteiger partial charge in [0.15, 0.2) is 0 Å². The second-order valence-corrected chi connectivity index (χ2v) is 4.08. The molecule has 0 aromatic heterocycles. The zero-order chi connectivity index (χ0) is 13.8. The Kier molecular flexibility index (Phi) is 5.10. The molecule has 1 aromatic carbocycles. The van der Waals surface area contributed by atoms with Crippen LogP contribution >= 0.6 is 11.6 Å². The molecular weight excluding hydrogens is 271 g/mol. The summed E-state index contributed by atoms with van der Waals surface area (Å²) in [5.41, 5.74) is 1.04. The maximum Gasteiger partial charge on any atom is 0.573 e. The molecule has 0 saturated carbocycles. The summed E-state index contributed by atoms with van der Waals surface area (Å²) in [5, 5.41) is 12.0. The van der Waals surface area contributed by atoms with Gasteiger partial charge in [0.05, 0.1) is 12.0 Å². The molecule has 7 heteroatoms. The van der Waals surface area contributed by atoms with Crippen molar-refractivity contribution in [1.29, 1.82) is 0 Å². The van der Waals surface area contributed by atoms with Crippen molar-refractivity contribution in [2.24, 2.45) is 0 Å². The number of aliphatic hydroxyl groups is 1. The lowest BCUT2D eigenvalue weighted by molar-refractivity contribution is -0.274. The molecule has 1 aromatic rings. The lowest BCUT2D eigenvalue weighted by atomic mass is 10.2. The number of halogens is 4. The van der Waals surface area contributed by atoms with Gasteiger partial charge >= 0.3 is 6.36 Å². The normalized spacial score (nSPS) is 13.2. The molecule has 1 rings (SSSR count). The van der Waals surface area contributed by atoms with Gasteiger partial charge in [0, 0.05) is 18.3 Å². The Morgan fingerprint density at radius 3 is 2.61 bits per heavy atom. The van der Waals surface area contributed by atoms with E-state index in [-0.39, 0.29) is 18.2 Å². The molecule has 0 aliphatic carbocycles. The van der Waals surface area contributed by atoms with E-state index in [1.165, 1.54) is 12.1 Å². The van der Waals surface area contributed by atoms with Crippen LogP contribution in [0.4, 0.5) is 18.9 Å². The second kappa shape index (κ2) is 6.15. The minimum absolute atomic E-state index is 0.0464. The Hall–Kier alpha value is -1.14. The van der Waals surface area contributed by atoms with E-state index < -0.39 is 12.5 Å². The van der Waals surface area contributed by atoms with E-state index >= 15 is 0 Å². The van der Waals surface area contributed by atoms with Crippen molar-refractivity contribution in [3.63, 3.8) is 0 Å². The first-order chi connectivity index (χ1) is 8.30. The van der Waals surface area contributed by atoms with Gasteiger partial charge in [-0.15, -0.1) is 24.8 Å². The number of ether oxygens (including phenoxy) is 1. The minimum Gasteiger partial charge on any atom is -0.406 e. The molecule has 0 aliphatic rings. The molecule has 0 saturated heterocycles. The van der Waals surface area contributed by atoms with Gasteiger partial charge in [0.1, 0.15) is 5.75 Å². The molecule has 1 unspecified atom stereocenters. The number of hydrogen-bond donors (Lipinski definition) is 2. The Balaban J connectivity index is 2.74. The van der Waals surface area contributed by atoms with Gasteiger partial charge < -0.3 is 15.2 Å². The van der Waals surface area contributed by atoms with E-state index in [9.17, 15) is 18.3 Å². The molecule has 0 spiro atoms. The van der Waals surface area contributed by atoms with Crippen LogP contribution in [-0.4, -0.2) is 30.0 Å². The summed E-state index contributed by atoms with van der Waals surface area (Å²) < 4.78 is 40.0. The van der Waals surface area contributed by atoms with Crippen molar-refractivity contribution in [2.45, 2.75) is 19.4 Å². The molecule has 18 heavy (non-hydrogen) atoms. The summed E-state index contributed by atoms with van der Waals surface area (Å²) >= 11 is 5.40. The smallest absolute Gasteiger partial charge is 0.406 e. The van der Waals surface area contributed by atoms with Crippen LogP contribution in [0.2, 0.25) is 0 Å². The van der Waals surface area contributed by atoms with E-state index in [0.717, 1.165) is 0 Å². The van der Waals surface area contributed by atoms with Gasteiger partial charge in [0.2, 0.25) is 0 Å². The number of nitrogens with one attached hydrogen (secondary N) is 1. The molecular formula is C11H13ClF3NO2. The first-order valence-electron chi connectivity index (χ1n) is 5.15. The Bertz CT molecular complexity index is 398. The van der Waals surface area contributed by atoms with Crippen LogP contribution in [0.5, 0.6) is 5.75 Å². The highest BCUT2D eigenvalue weighted by molar-refractivity contribution is 6.18. The molecule has 0 aliphatic heterocycles. The summed E-state index contributed by atoms with van der Waals surface area (Å²) in [6.45, 7) is 1.80. The summed E-state index contributed by atoms with van der Waals surface area (Å²) in [6, 6.07) is 4.13. The molecule has 0 amide bonds. The van der Waals surface area contributed by atoms with Gasteiger partial charge in [-0.3, -0.25) is 0 Å². The number of rotatable bonds is 5. The van der Waals surface area contributed by atoms with Crippen molar-refractivity contribution in [1.82, 2.24) is 0 Å². The fourth-order valence-corrected chi connectivity index (χ4v) is 1.44. The Morgan fingerprint density at radius 2 is 2.06 bits per heavy atom. The van der Waals surface area contributed by atoms with Crippen LogP contribution in [0.3, 0.4) is 0 Å². The van der Waals surface area contributed by atoms with Crippen LogP contribution in [0.15, 0.2) is 18.2 Å². The second-order valence-electron chi connectivity index (χ2n) is 3.77. The molecule has 1 atom stereocenters. The van der Waals surface area contributed by atoms with Gasteiger partial charge in [-0.05, 0) is 24.6 Å². The lowest BCUT2D eigenvalue weighted by Crippen LogP contribution is -2.21. The van der Waals surface area contributed by atoms with Crippen LogP contribution in [0, 0.1) is 6.92 Å². The average molecular weight is 284 g/mol. The predicted octanol–water partition coefficient (Wildman–Crippen LogP) is 2.91. The number of aryl methyl sites for hydroxylation is 1. The van der Waals surface area contributed by atoms with Crippen LogP contribution in [0.25, 0.3) is 0 Å². The molecule has 3 nitrogen and oxygen atoms in total. The molecule has 102 valence electrons. The Labute approximate surface area is 108 Å². The van der Waals surface area contributed by atoms with E-state index in [1.54, 1.807) is 13.0 Å². The highest BCUT2D eigenvalue weighted by Crippen LogP contribution is 2.26. The Morgan fingerprint density at radius 1 is 1.39 bits per heavy atom. The fraction of sp³-hybridized carbons (Fsp3) is 0.455. The fourth-order valence-electron chi connectivity index (χ4n) is 1.33. The monoisotopic (exact) mass is 283 g/mol. The van der Waals surface area contributed by atoms with Crippen molar-refractivity contribution >= 4 is 17.3 Å². The summed E-state index contributed by atoms with van der Waals surface area (Å²) in [6.07, 6.45) is -5.49. The quantitative estimate of drug-likeness (QED) is 0.817. The molecule has 0 heterocycles. The predicted molar refractivity (Wildman–Crippen MR) is 63.1 cm³/mol. The van der Waals surface area contributed by atoms with Crippen molar-refractivity contribution in [2.75, 3.05) is 17.7 Å². The van der Waals surface area contributed by atoms with Gasteiger partial charge in [0.25, 0.3) is 0 Å². The van der Waals surface area contributed by atoms with E-state index in [1.807, 2.05) is 0 Å². The number of hydrogen-bond acceptors (Lipinski definition) is 3. The minimum atomic E-state index is -4.72. The van der Waals surface area contributed by atoms with Crippen molar-refractivity contribution in [3.05, 3.63) is 23.8 Å². The number of anilines is 1. The summed E-state index contributed by atoms with van der Waals surface area (Å²) in [7, 11) is 0. The average Bonchev–Trinajstić information content (AvgIpc) is 2.22. The molecule has 0 radical (unpaired) electrons. The third kappa shape index (κ3) is 5.46. The number of benzene rings is 1. The topological polar surface area (TPSA) is 41.5 Å². The van der Waals surface area contributed by atoms with Gasteiger partial charge in [-0.2, -0.15) is 0 Å². The summed E-state index contributed by atoms with van der Waals surface area (Å²) in [5.74, 6) is -0.254. The standard InChI is InChI=1S/C11H13ClF3NO2/c1-7-2-8(16-6-9(17)5-12)4-10(3-7)18-11(13,14)15/h2-4,9,16-17H,5-6H2,1H3. The van der Waals surface area contributed by atoms with Crippen molar-refractivity contribution in [3.8, 4) is 5.75 Å². The third-order valence-corrected chi connectivity index (χ3v) is 2.36. The largest absolute Gasteiger partial charge is 0.573 e.